The summed E-state index contributed by atoms with van der Waals surface area (Å²) in [5, 5.41) is 6.10. The van der Waals surface area contributed by atoms with Gasteiger partial charge in [-0.25, -0.2) is 0 Å². The maximum atomic E-state index is 12.6. The summed E-state index contributed by atoms with van der Waals surface area (Å²) in [7, 11) is 0. The van der Waals surface area contributed by atoms with Gasteiger partial charge in [0.05, 0.1) is 10.9 Å². The minimum absolute atomic E-state index is 0.0494. The fourth-order valence-corrected chi connectivity index (χ4v) is 4.54. The first kappa shape index (κ1) is 17.6. The minimum Gasteiger partial charge on any atom is -0.340 e. The van der Waals surface area contributed by atoms with Crippen molar-refractivity contribution in [3.8, 4) is 10.7 Å². The average molecular weight is 375 g/mol. The number of hydrogen-bond donors (Lipinski definition) is 1. The lowest BCUT2D eigenvalue weighted by molar-refractivity contribution is -0.137. The molecule has 2 fully saturated rings. The van der Waals surface area contributed by atoms with Gasteiger partial charge in [0.15, 0.2) is 0 Å². The second kappa shape index (κ2) is 7.46. The van der Waals surface area contributed by atoms with E-state index in [9.17, 15) is 4.79 Å². The standard InChI is InChI=1S/C18H25N5O2S/c1-12(17-20-16(21-25-17)15-3-2-10-26-15)22-6-8-23(9-7-22)18(24)13-4-5-14(19)11-13/h2-3,10,12-14H,4-9,11,19H2,1H3. The predicted molar refractivity (Wildman–Crippen MR) is 99.5 cm³/mol. The van der Waals surface area contributed by atoms with Crippen molar-refractivity contribution in [1.29, 1.82) is 0 Å². The summed E-state index contributed by atoms with van der Waals surface area (Å²) in [6.45, 7) is 5.23. The average Bonchev–Trinajstić information content (AvgIpc) is 3.41. The molecule has 1 aliphatic heterocycles. The van der Waals surface area contributed by atoms with Gasteiger partial charge in [0, 0.05) is 38.1 Å². The van der Waals surface area contributed by atoms with E-state index in [0.717, 1.165) is 50.3 Å². The maximum Gasteiger partial charge on any atom is 0.244 e. The highest BCUT2D eigenvalue weighted by Crippen LogP contribution is 2.28. The zero-order valence-corrected chi connectivity index (χ0v) is 15.8. The Balaban J connectivity index is 1.33. The molecule has 3 heterocycles. The van der Waals surface area contributed by atoms with E-state index in [1.54, 1.807) is 11.3 Å². The Kier molecular flexibility index (Phi) is 5.06. The second-order valence-electron chi connectivity index (χ2n) is 7.24. The fourth-order valence-electron chi connectivity index (χ4n) is 3.90. The number of nitrogens with zero attached hydrogens (tertiary/aromatic N) is 4. The zero-order chi connectivity index (χ0) is 18.1. The topological polar surface area (TPSA) is 88.5 Å². The molecule has 1 amide bonds. The molecule has 7 nitrogen and oxygen atoms in total. The van der Waals surface area contributed by atoms with Crippen LogP contribution in [0, 0.1) is 5.92 Å². The highest BCUT2D eigenvalue weighted by Gasteiger charge is 2.33. The van der Waals surface area contributed by atoms with Crippen molar-refractivity contribution >= 4 is 17.2 Å². The van der Waals surface area contributed by atoms with Gasteiger partial charge in [0.2, 0.25) is 17.6 Å². The van der Waals surface area contributed by atoms with Crippen molar-refractivity contribution in [2.75, 3.05) is 26.2 Å². The molecule has 1 saturated heterocycles. The summed E-state index contributed by atoms with van der Waals surface area (Å²) in [5.74, 6) is 1.68. The molecule has 3 atom stereocenters. The van der Waals surface area contributed by atoms with E-state index in [4.69, 9.17) is 10.3 Å². The van der Waals surface area contributed by atoms with E-state index in [2.05, 4.69) is 22.0 Å². The van der Waals surface area contributed by atoms with E-state index in [1.165, 1.54) is 0 Å². The third-order valence-corrected chi connectivity index (χ3v) is 6.40. The lowest BCUT2D eigenvalue weighted by Gasteiger charge is -2.37. The monoisotopic (exact) mass is 375 g/mol. The summed E-state index contributed by atoms with van der Waals surface area (Å²) in [4.78, 5) is 22.5. The fraction of sp³-hybridized carbons (Fsp3) is 0.611. The van der Waals surface area contributed by atoms with E-state index < -0.39 is 0 Å². The molecule has 0 spiro atoms. The Morgan fingerprint density at radius 1 is 1.35 bits per heavy atom. The molecule has 3 unspecified atom stereocenters. The molecule has 0 bridgehead atoms. The number of hydrogen-bond acceptors (Lipinski definition) is 7. The van der Waals surface area contributed by atoms with Crippen LogP contribution in [0.25, 0.3) is 10.7 Å². The number of aromatic nitrogens is 2. The largest absolute Gasteiger partial charge is 0.340 e. The first-order valence-corrected chi connectivity index (χ1v) is 10.2. The Morgan fingerprint density at radius 2 is 2.15 bits per heavy atom. The van der Waals surface area contributed by atoms with Crippen LogP contribution in [0.2, 0.25) is 0 Å². The molecule has 0 radical (unpaired) electrons. The molecule has 2 aliphatic rings. The molecule has 1 saturated carbocycles. The summed E-state index contributed by atoms with van der Waals surface area (Å²) < 4.78 is 5.48. The minimum atomic E-state index is 0.0494. The van der Waals surface area contributed by atoms with Gasteiger partial charge in [0.25, 0.3) is 0 Å². The molecule has 2 aromatic heterocycles. The molecule has 2 aromatic rings. The number of rotatable bonds is 4. The summed E-state index contributed by atoms with van der Waals surface area (Å²) >= 11 is 1.60. The van der Waals surface area contributed by atoms with Gasteiger partial charge in [0.1, 0.15) is 0 Å². The van der Waals surface area contributed by atoms with Crippen LogP contribution in [0.5, 0.6) is 0 Å². The highest BCUT2D eigenvalue weighted by molar-refractivity contribution is 7.13. The molecular weight excluding hydrogens is 350 g/mol. The van der Waals surface area contributed by atoms with Crippen molar-refractivity contribution in [1.82, 2.24) is 19.9 Å². The third-order valence-electron chi connectivity index (χ3n) is 5.54. The number of piperazine rings is 1. The van der Waals surface area contributed by atoms with Crippen LogP contribution in [0.1, 0.15) is 38.1 Å². The quantitative estimate of drug-likeness (QED) is 0.881. The smallest absolute Gasteiger partial charge is 0.244 e. The van der Waals surface area contributed by atoms with Crippen molar-refractivity contribution in [2.24, 2.45) is 11.7 Å². The van der Waals surface area contributed by atoms with Crippen molar-refractivity contribution < 1.29 is 9.32 Å². The number of carbonyl (C=O) groups is 1. The van der Waals surface area contributed by atoms with Crippen LogP contribution in [-0.4, -0.2) is 58.1 Å². The predicted octanol–water partition coefficient (Wildman–Crippen LogP) is 2.13. The van der Waals surface area contributed by atoms with Crippen LogP contribution in [0.15, 0.2) is 22.0 Å². The van der Waals surface area contributed by atoms with E-state index >= 15 is 0 Å². The normalized spacial score (nSPS) is 25.5. The van der Waals surface area contributed by atoms with E-state index in [-0.39, 0.29) is 23.9 Å². The summed E-state index contributed by atoms with van der Waals surface area (Å²) in [6, 6.07) is 4.21. The molecular formula is C18H25N5O2S. The SMILES string of the molecule is CC(c1nc(-c2cccs2)no1)N1CCN(C(=O)C2CCC(N)C2)CC1. The van der Waals surface area contributed by atoms with E-state index in [0.29, 0.717) is 11.7 Å². The van der Waals surface area contributed by atoms with Gasteiger partial charge < -0.3 is 15.2 Å². The number of carbonyl (C=O) groups excluding carboxylic acids is 1. The zero-order valence-electron chi connectivity index (χ0n) is 15.0. The number of thiophene rings is 1. The van der Waals surface area contributed by atoms with Gasteiger partial charge in [-0.15, -0.1) is 11.3 Å². The lowest BCUT2D eigenvalue weighted by Crippen LogP contribution is -2.50. The Labute approximate surface area is 157 Å². The maximum absolute atomic E-state index is 12.6. The van der Waals surface area contributed by atoms with Crippen LogP contribution in [0.3, 0.4) is 0 Å². The van der Waals surface area contributed by atoms with Crippen LogP contribution in [0.4, 0.5) is 0 Å². The molecule has 8 heteroatoms. The van der Waals surface area contributed by atoms with Gasteiger partial charge in [-0.2, -0.15) is 4.98 Å². The Bertz CT molecular complexity index is 739. The molecule has 2 N–H and O–H groups in total. The number of nitrogens with two attached hydrogens (primary N) is 1. The lowest BCUT2D eigenvalue weighted by atomic mass is 10.1. The number of amides is 1. The van der Waals surface area contributed by atoms with Crippen LogP contribution >= 0.6 is 11.3 Å². The summed E-state index contributed by atoms with van der Waals surface area (Å²) in [5.41, 5.74) is 5.95. The molecule has 0 aromatic carbocycles. The molecule has 26 heavy (non-hydrogen) atoms. The van der Waals surface area contributed by atoms with Crippen molar-refractivity contribution in [3.05, 3.63) is 23.4 Å². The van der Waals surface area contributed by atoms with Crippen molar-refractivity contribution in [2.45, 2.75) is 38.3 Å². The van der Waals surface area contributed by atoms with Gasteiger partial charge in [-0.3, -0.25) is 9.69 Å². The van der Waals surface area contributed by atoms with Crippen molar-refractivity contribution in [3.63, 3.8) is 0 Å². The van der Waals surface area contributed by atoms with Crippen LogP contribution < -0.4 is 5.73 Å². The second-order valence-corrected chi connectivity index (χ2v) is 8.19. The van der Waals surface area contributed by atoms with Gasteiger partial charge >= 0.3 is 0 Å². The third kappa shape index (κ3) is 3.54. The molecule has 140 valence electrons. The Hall–Kier alpha value is -1.77. The Morgan fingerprint density at radius 3 is 2.81 bits per heavy atom. The van der Waals surface area contributed by atoms with Crippen LogP contribution in [-0.2, 0) is 4.79 Å². The van der Waals surface area contributed by atoms with Gasteiger partial charge in [-0.1, -0.05) is 11.2 Å². The summed E-state index contributed by atoms with van der Waals surface area (Å²) in [6.07, 6.45) is 2.74. The highest BCUT2D eigenvalue weighted by atomic mass is 32.1. The van der Waals surface area contributed by atoms with Gasteiger partial charge in [-0.05, 0) is 37.6 Å². The first-order valence-electron chi connectivity index (χ1n) is 9.27. The van der Waals surface area contributed by atoms with E-state index in [1.807, 2.05) is 22.4 Å². The first-order chi connectivity index (χ1) is 12.6. The molecule has 1 aliphatic carbocycles. The molecule has 4 rings (SSSR count).